The van der Waals surface area contributed by atoms with Gasteiger partial charge in [0.25, 0.3) is 5.91 Å². The number of nitrogens with zero attached hydrogens (tertiary/aromatic N) is 1. The Hall–Kier alpha value is -3.34. The topological polar surface area (TPSA) is 77.2 Å². The van der Waals surface area contributed by atoms with E-state index in [0.717, 1.165) is 5.75 Å². The van der Waals surface area contributed by atoms with Gasteiger partial charge in [-0.25, -0.2) is 4.98 Å². The summed E-state index contributed by atoms with van der Waals surface area (Å²) >= 11 is 0. The van der Waals surface area contributed by atoms with Gasteiger partial charge in [-0.2, -0.15) is 0 Å². The first-order valence-electron chi connectivity index (χ1n) is 7.07. The minimum absolute atomic E-state index is 0.203. The molecule has 0 fully saturated rings. The molecule has 114 valence electrons. The highest BCUT2D eigenvalue weighted by atomic mass is 16.5. The standard InChI is InChI=1S/C18H15N3O2/c19-17-16(7-4-12-20-17)18(22)21-13-8-10-15(11-9-13)23-14-5-2-1-3-6-14/h1-12H,(H2,19,20)(H,21,22). The van der Waals surface area contributed by atoms with Crippen molar-refractivity contribution in [1.29, 1.82) is 0 Å². The van der Waals surface area contributed by atoms with Gasteiger partial charge in [0.15, 0.2) is 0 Å². The molecule has 0 saturated heterocycles. The van der Waals surface area contributed by atoms with Crippen molar-refractivity contribution in [1.82, 2.24) is 4.98 Å². The van der Waals surface area contributed by atoms with Gasteiger partial charge >= 0.3 is 0 Å². The van der Waals surface area contributed by atoms with Crippen LogP contribution in [0.25, 0.3) is 0 Å². The van der Waals surface area contributed by atoms with Crippen LogP contribution in [0.15, 0.2) is 72.9 Å². The Labute approximate surface area is 133 Å². The van der Waals surface area contributed by atoms with Crippen LogP contribution in [0.3, 0.4) is 0 Å². The SMILES string of the molecule is Nc1ncccc1C(=O)Nc1ccc(Oc2ccccc2)cc1. The average Bonchev–Trinajstić information content (AvgIpc) is 2.58. The zero-order chi connectivity index (χ0) is 16.1. The van der Waals surface area contributed by atoms with Crippen LogP contribution in [-0.4, -0.2) is 10.9 Å². The molecule has 0 saturated carbocycles. The van der Waals surface area contributed by atoms with Crippen molar-refractivity contribution in [3.8, 4) is 11.5 Å². The molecule has 3 N–H and O–H groups in total. The number of nitrogens with one attached hydrogen (secondary N) is 1. The van der Waals surface area contributed by atoms with Crippen molar-refractivity contribution in [3.63, 3.8) is 0 Å². The lowest BCUT2D eigenvalue weighted by Gasteiger charge is -2.09. The van der Waals surface area contributed by atoms with E-state index in [-0.39, 0.29) is 11.7 Å². The van der Waals surface area contributed by atoms with Crippen molar-refractivity contribution in [2.75, 3.05) is 11.1 Å². The van der Waals surface area contributed by atoms with Crippen LogP contribution in [0.1, 0.15) is 10.4 Å². The van der Waals surface area contributed by atoms with Gasteiger partial charge in [-0.1, -0.05) is 18.2 Å². The third-order valence-electron chi connectivity index (χ3n) is 3.17. The quantitative estimate of drug-likeness (QED) is 0.770. The number of para-hydroxylation sites is 1. The summed E-state index contributed by atoms with van der Waals surface area (Å²) in [6.45, 7) is 0. The Balaban J connectivity index is 1.68. The predicted molar refractivity (Wildman–Crippen MR) is 89.6 cm³/mol. The van der Waals surface area contributed by atoms with Crippen molar-refractivity contribution >= 4 is 17.4 Å². The highest BCUT2D eigenvalue weighted by Gasteiger charge is 2.10. The number of rotatable bonds is 4. The maximum Gasteiger partial charge on any atom is 0.259 e. The number of hydrogen-bond donors (Lipinski definition) is 2. The maximum absolute atomic E-state index is 12.1. The first-order chi connectivity index (χ1) is 11.2. The monoisotopic (exact) mass is 305 g/mol. The number of anilines is 2. The second-order valence-corrected chi connectivity index (χ2v) is 4.83. The Morgan fingerprint density at radius 3 is 2.30 bits per heavy atom. The molecule has 0 radical (unpaired) electrons. The molecule has 0 aliphatic carbocycles. The summed E-state index contributed by atoms with van der Waals surface area (Å²) in [6, 6.07) is 19.9. The number of pyridine rings is 1. The molecule has 0 aliphatic heterocycles. The van der Waals surface area contributed by atoms with Gasteiger partial charge in [0.2, 0.25) is 0 Å². The number of hydrogen-bond acceptors (Lipinski definition) is 4. The van der Waals surface area contributed by atoms with E-state index in [2.05, 4.69) is 10.3 Å². The summed E-state index contributed by atoms with van der Waals surface area (Å²) in [5.41, 5.74) is 6.69. The Morgan fingerprint density at radius 2 is 1.61 bits per heavy atom. The fourth-order valence-corrected chi connectivity index (χ4v) is 2.04. The van der Waals surface area contributed by atoms with E-state index in [9.17, 15) is 4.79 Å². The average molecular weight is 305 g/mol. The number of carbonyl (C=O) groups excluding carboxylic acids is 1. The van der Waals surface area contributed by atoms with Crippen LogP contribution >= 0.6 is 0 Å². The van der Waals surface area contributed by atoms with Crippen LogP contribution in [0.4, 0.5) is 11.5 Å². The second kappa shape index (κ2) is 6.62. The summed E-state index contributed by atoms with van der Waals surface area (Å²) in [5, 5.41) is 2.78. The Kier molecular flexibility index (Phi) is 4.20. The lowest BCUT2D eigenvalue weighted by atomic mass is 10.2. The second-order valence-electron chi connectivity index (χ2n) is 4.83. The van der Waals surface area contributed by atoms with Crippen LogP contribution < -0.4 is 15.8 Å². The van der Waals surface area contributed by atoms with Crippen LogP contribution in [-0.2, 0) is 0 Å². The molecule has 1 aromatic heterocycles. The zero-order valence-electron chi connectivity index (χ0n) is 12.3. The maximum atomic E-state index is 12.1. The molecular weight excluding hydrogens is 290 g/mol. The molecule has 5 heteroatoms. The molecule has 0 aliphatic rings. The summed E-state index contributed by atoms with van der Waals surface area (Å²) in [4.78, 5) is 16.0. The van der Waals surface area contributed by atoms with Crippen molar-refractivity contribution in [2.24, 2.45) is 0 Å². The first-order valence-corrected chi connectivity index (χ1v) is 7.07. The van der Waals surface area contributed by atoms with Crippen molar-refractivity contribution in [3.05, 3.63) is 78.5 Å². The molecule has 0 atom stereocenters. The zero-order valence-corrected chi connectivity index (χ0v) is 12.3. The van der Waals surface area contributed by atoms with Crippen molar-refractivity contribution < 1.29 is 9.53 Å². The molecule has 3 rings (SSSR count). The number of carbonyl (C=O) groups is 1. The van der Waals surface area contributed by atoms with E-state index in [4.69, 9.17) is 10.5 Å². The van der Waals surface area contributed by atoms with E-state index in [1.807, 2.05) is 30.3 Å². The summed E-state index contributed by atoms with van der Waals surface area (Å²) in [6.07, 6.45) is 1.54. The number of aromatic nitrogens is 1. The fraction of sp³-hybridized carbons (Fsp3) is 0. The number of amides is 1. The molecule has 1 heterocycles. The van der Waals surface area contributed by atoms with Gasteiger partial charge in [-0.15, -0.1) is 0 Å². The lowest BCUT2D eigenvalue weighted by molar-refractivity contribution is 0.102. The third-order valence-corrected chi connectivity index (χ3v) is 3.17. The highest BCUT2D eigenvalue weighted by Crippen LogP contribution is 2.23. The van der Waals surface area contributed by atoms with Crippen LogP contribution in [0, 0.1) is 0 Å². The molecular formula is C18H15N3O2. The Morgan fingerprint density at radius 1 is 0.913 bits per heavy atom. The van der Waals surface area contributed by atoms with E-state index in [1.165, 1.54) is 0 Å². The predicted octanol–water partition coefficient (Wildman–Crippen LogP) is 3.71. The van der Waals surface area contributed by atoms with Gasteiger partial charge in [0.05, 0.1) is 5.56 Å². The van der Waals surface area contributed by atoms with Gasteiger partial charge in [0, 0.05) is 11.9 Å². The minimum Gasteiger partial charge on any atom is -0.457 e. The number of nitrogens with two attached hydrogens (primary N) is 1. The van der Waals surface area contributed by atoms with E-state index >= 15 is 0 Å². The largest absolute Gasteiger partial charge is 0.457 e. The number of benzene rings is 2. The van der Waals surface area contributed by atoms with Crippen LogP contribution in [0.5, 0.6) is 11.5 Å². The smallest absolute Gasteiger partial charge is 0.259 e. The number of ether oxygens (including phenoxy) is 1. The molecule has 5 nitrogen and oxygen atoms in total. The molecule has 3 aromatic rings. The molecule has 0 bridgehead atoms. The molecule has 1 amide bonds. The van der Waals surface area contributed by atoms with E-state index in [0.29, 0.717) is 17.0 Å². The lowest BCUT2D eigenvalue weighted by Crippen LogP contribution is -2.14. The minimum atomic E-state index is -0.299. The molecule has 0 spiro atoms. The van der Waals surface area contributed by atoms with Gasteiger partial charge in [-0.3, -0.25) is 4.79 Å². The van der Waals surface area contributed by atoms with E-state index in [1.54, 1.807) is 42.6 Å². The Bertz CT molecular complexity index is 802. The van der Waals surface area contributed by atoms with Crippen LogP contribution in [0.2, 0.25) is 0 Å². The van der Waals surface area contributed by atoms with Gasteiger partial charge in [-0.05, 0) is 48.5 Å². The normalized spacial score (nSPS) is 10.1. The summed E-state index contributed by atoms with van der Waals surface area (Å²) < 4.78 is 5.70. The van der Waals surface area contributed by atoms with Gasteiger partial charge in [0.1, 0.15) is 17.3 Å². The first kappa shape index (κ1) is 14.6. The summed E-state index contributed by atoms with van der Waals surface area (Å²) in [7, 11) is 0. The fourth-order valence-electron chi connectivity index (χ4n) is 2.04. The number of nitrogen functional groups attached to an aromatic ring is 1. The van der Waals surface area contributed by atoms with Crippen molar-refractivity contribution in [2.45, 2.75) is 0 Å². The molecule has 0 unspecified atom stereocenters. The highest BCUT2D eigenvalue weighted by molar-refractivity contribution is 6.07. The molecule has 2 aromatic carbocycles. The van der Waals surface area contributed by atoms with E-state index < -0.39 is 0 Å². The molecule has 23 heavy (non-hydrogen) atoms. The summed E-state index contributed by atoms with van der Waals surface area (Å²) in [5.74, 6) is 1.35. The van der Waals surface area contributed by atoms with Gasteiger partial charge < -0.3 is 15.8 Å². The third kappa shape index (κ3) is 3.65.